The monoisotopic (exact) mass is 214 g/mol. The fourth-order valence-electron chi connectivity index (χ4n) is 0.933. The molecule has 0 unspecified atom stereocenters. The lowest BCUT2D eigenvalue weighted by Gasteiger charge is -1.96. The Hall–Kier alpha value is -1.06. The second-order valence-corrected chi connectivity index (χ2v) is 3.20. The van der Waals surface area contributed by atoms with Gasteiger partial charge in [-0.3, -0.25) is 0 Å². The first kappa shape index (κ1) is 8.53. The van der Waals surface area contributed by atoms with Crippen molar-refractivity contribution in [2.24, 2.45) is 0 Å². The van der Waals surface area contributed by atoms with Crippen LogP contribution in [0.1, 0.15) is 0 Å². The van der Waals surface area contributed by atoms with Crippen molar-refractivity contribution in [3.05, 3.63) is 34.6 Å². The number of hydrogen-bond donors (Lipinski definition) is 0. The van der Waals surface area contributed by atoms with Crippen LogP contribution in [-0.2, 0) is 0 Å². The molecule has 0 aliphatic rings. The Morgan fingerprint density at radius 2 is 2.00 bits per heavy atom. The summed E-state index contributed by atoms with van der Waals surface area (Å²) in [6, 6.07) is 5.16. The Morgan fingerprint density at radius 1 is 1.15 bits per heavy atom. The van der Waals surface area contributed by atoms with E-state index in [4.69, 9.17) is 23.2 Å². The van der Waals surface area contributed by atoms with E-state index in [0.717, 1.165) is 5.56 Å². The van der Waals surface area contributed by atoms with E-state index in [1.54, 1.807) is 18.2 Å². The lowest BCUT2D eigenvalue weighted by Crippen LogP contribution is -1.80. The van der Waals surface area contributed by atoms with Gasteiger partial charge in [-0.25, -0.2) is 0 Å². The zero-order valence-corrected chi connectivity index (χ0v) is 7.88. The average molecular weight is 215 g/mol. The van der Waals surface area contributed by atoms with Gasteiger partial charge in [0.05, 0.1) is 10.0 Å². The van der Waals surface area contributed by atoms with E-state index in [9.17, 15) is 0 Å². The molecule has 0 radical (unpaired) electrons. The lowest BCUT2D eigenvalue weighted by atomic mass is 10.2. The smallest absolute Gasteiger partial charge is 0.214 e. The highest BCUT2D eigenvalue weighted by molar-refractivity contribution is 6.42. The molecule has 2 aromatic rings. The summed E-state index contributed by atoms with van der Waals surface area (Å²) >= 11 is 11.6. The van der Waals surface area contributed by atoms with Gasteiger partial charge in [-0.1, -0.05) is 28.4 Å². The lowest BCUT2D eigenvalue weighted by molar-refractivity contribution is 0.419. The number of nitrogens with zero attached hydrogens (tertiary/aromatic N) is 2. The van der Waals surface area contributed by atoms with Crippen LogP contribution in [0.15, 0.2) is 29.1 Å². The highest BCUT2D eigenvalue weighted by Crippen LogP contribution is 2.26. The second kappa shape index (κ2) is 3.36. The number of aromatic nitrogens is 2. The van der Waals surface area contributed by atoms with Gasteiger partial charge in [0.1, 0.15) is 0 Å². The molecular formula is C8H4Cl2N2O. The van der Waals surface area contributed by atoms with Crippen LogP contribution in [0.2, 0.25) is 10.0 Å². The first-order valence-corrected chi connectivity index (χ1v) is 4.25. The molecule has 1 aromatic carbocycles. The molecule has 5 heteroatoms. The van der Waals surface area contributed by atoms with Gasteiger partial charge >= 0.3 is 0 Å². The van der Waals surface area contributed by atoms with Crippen molar-refractivity contribution >= 4 is 23.2 Å². The van der Waals surface area contributed by atoms with Gasteiger partial charge in [0.2, 0.25) is 12.2 Å². The molecule has 3 nitrogen and oxygen atoms in total. The van der Waals surface area contributed by atoms with Crippen LogP contribution in [0.4, 0.5) is 0 Å². The summed E-state index contributed by atoms with van der Waals surface area (Å²) in [6.07, 6.45) is 1.26. The normalized spacial score (nSPS) is 10.3. The SMILES string of the molecule is Clc1ccc(-c2ncon2)cc1Cl. The first-order chi connectivity index (χ1) is 6.27. The molecule has 0 aliphatic carbocycles. The predicted molar refractivity (Wildman–Crippen MR) is 49.8 cm³/mol. The number of hydrogen-bond acceptors (Lipinski definition) is 3. The molecule has 0 saturated carbocycles. The Balaban J connectivity index is 2.49. The van der Waals surface area contributed by atoms with Crippen LogP contribution < -0.4 is 0 Å². The van der Waals surface area contributed by atoms with E-state index in [1.165, 1.54) is 6.39 Å². The number of rotatable bonds is 1. The van der Waals surface area contributed by atoms with Gasteiger partial charge in [-0.2, -0.15) is 4.98 Å². The van der Waals surface area contributed by atoms with Crippen molar-refractivity contribution < 1.29 is 4.52 Å². The Kier molecular flexibility index (Phi) is 2.20. The molecule has 0 spiro atoms. The largest absolute Gasteiger partial charge is 0.342 e. The highest BCUT2D eigenvalue weighted by Gasteiger charge is 2.05. The molecule has 0 bridgehead atoms. The summed E-state index contributed by atoms with van der Waals surface area (Å²) in [6.45, 7) is 0. The first-order valence-electron chi connectivity index (χ1n) is 3.49. The topological polar surface area (TPSA) is 38.9 Å². The quantitative estimate of drug-likeness (QED) is 0.733. The summed E-state index contributed by atoms with van der Waals surface area (Å²) in [5, 5.41) is 4.65. The van der Waals surface area contributed by atoms with Crippen molar-refractivity contribution in [3.63, 3.8) is 0 Å². The molecule has 1 heterocycles. The van der Waals surface area contributed by atoms with Gasteiger partial charge in [0.25, 0.3) is 0 Å². The van der Waals surface area contributed by atoms with E-state index in [2.05, 4.69) is 14.7 Å². The van der Waals surface area contributed by atoms with Gasteiger partial charge in [0, 0.05) is 5.56 Å². The van der Waals surface area contributed by atoms with Gasteiger partial charge in [-0.05, 0) is 18.2 Å². The molecular weight excluding hydrogens is 211 g/mol. The number of halogens is 2. The molecule has 0 atom stereocenters. The zero-order chi connectivity index (χ0) is 9.26. The average Bonchev–Trinajstić information content (AvgIpc) is 2.62. The van der Waals surface area contributed by atoms with Crippen molar-refractivity contribution in [3.8, 4) is 11.4 Å². The minimum Gasteiger partial charge on any atom is -0.342 e. The van der Waals surface area contributed by atoms with E-state index < -0.39 is 0 Å². The molecule has 0 aliphatic heterocycles. The van der Waals surface area contributed by atoms with Crippen LogP contribution in [0.25, 0.3) is 11.4 Å². The maximum Gasteiger partial charge on any atom is 0.214 e. The Labute approximate surface area is 84.3 Å². The van der Waals surface area contributed by atoms with Crippen LogP contribution in [0.3, 0.4) is 0 Å². The van der Waals surface area contributed by atoms with Crippen LogP contribution in [-0.4, -0.2) is 10.1 Å². The molecule has 0 fully saturated rings. The standard InChI is InChI=1S/C8H4Cl2N2O/c9-6-2-1-5(3-7(6)10)8-11-4-13-12-8/h1-4H. The van der Waals surface area contributed by atoms with E-state index >= 15 is 0 Å². The van der Waals surface area contributed by atoms with Crippen LogP contribution in [0.5, 0.6) is 0 Å². The predicted octanol–water partition coefficient (Wildman–Crippen LogP) is 3.04. The molecule has 13 heavy (non-hydrogen) atoms. The Morgan fingerprint density at radius 3 is 2.62 bits per heavy atom. The third kappa shape index (κ3) is 1.66. The fraction of sp³-hybridized carbons (Fsp3) is 0. The van der Waals surface area contributed by atoms with Crippen molar-refractivity contribution in [1.29, 1.82) is 0 Å². The second-order valence-electron chi connectivity index (χ2n) is 2.38. The van der Waals surface area contributed by atoms with E-state index in [0.29, 0.717) is 15.9 Å². The third-order valence-electron chi connectivity index (χ3n) is 1.54. The molecule has 66 valence electrons. The van der Waals surface area contributed by atoms with Gasteiger partial charge in [0.15, 0.2) is 0 Å². The zero-order valence-electron chi connectivity index (χ0n) is 6.37. The van der Waals surface area contributed by atoms with Gasteiger partial charge < -0.3 is 4.52 Å². The summed E-state index contributed by atoms with van der Waals surface area (Å²) in [5.41, 5.74) is 0.781. The molecule has 0 saturated heterocycles. The van der Waals surface area contributed by atoms with Gasteiger partial charge in [-0.15, -0.1) is 0 Å². The minimum atomic E-state index is 0.476. The minimum absolute atomic E-state index is 0.476. The summed E-state index contributed by atoms with van der Waals surface area (Å²) in [7, 11) is 0. The molecule has 0 amide bonds. The van der Waals surface area contributed by atoms with E-state index in [-0.39, 0.29) is 0 Å². The van der Waals surface area contributed by atoms with E-state index in [1.807, 2.05) is 0 Å². The third-order valence-corrected chi connectivity index (χ3v) is 2.28. The van der Waals surface area contributed by atoms with Crippen LogP contribution >= 0.6 is 23.2 Å². The van der Waals surface area contributed by atoms with Crippen molar-refractivity contribution in [2.75, 3.05) is 0 Å². The van der Waals surface area contributed by atoms with Crippen molar-refractivity contribution in [2.45, 2.75) is 0 Å². The summed E-state index contributed by atoms with van der Waals surface area (Å²) in [5.74, 6) is 0.499. The maximum absolute atomic E-state index is 5.81. The summed E-state index contributed by atoms with van der Waals surface area (Å²) < 4.78 is 4.60. The maximum atomic E-state index is 5.81. The highest BCUT2D eigenvalue weighted by atomic mass is 35.5. The molecule has 1 aromatic heterocycles. The Bertz CT molecular complexity index is 414. The molecule has 2 rings (SSSR count). The summed E-state index contributed by atoms with van der Waals surface area (Å²) in [4.78, 5) is 3.88. The fourth-order valence-corrected chi connectivity index (χ4v) is 1.23. The number of benzene rings is 1. The molecule has 0 N–H and O–H groups in total. The van der Waals surface area contributed by atoms with Crippen LogP contribution in [0, 0.1) is 0 Å². The van der Waals surface area contributed by atoms with Crippen molar-refractivity contribution in [1.82, 2.24) is 10.1 Å².